The van der Waals surface area contributed by atoms with Crippen LogP contribution in [0.1, 0.15) is 50.5 Å². The highest BCUT2D eigenvalue weighted by Crippen LogP contribution is 2.53. The largest absolute Gasteiger partial charge is 0.480 e. The number of rotatable bonds is 3. The number of nitrogens with zero attached hydrogens (tertiary/aromatic N) is 1. The third kappa shape index (κ3) is 6.30. The van der Waals surface area contributed by atoms with Gasteiger partial charge >= 0.3 is 12.1 Å². The zero-order chi connectivity index (χ0) is 20.7. The maximum atomic E-state index is 12.3. The van der Waals surface area contributed by atoms with Crippen LogP contribution in [0.2, 0.25) is 0 Å². The predicted molar refractivity (Wildman–Crippen MR) is 118 cm³/mol. The third-order valence-corrected chi connectivity index (χ3v) is 8.91. The first-order chi connectivity index (χ1) is 14.0. The molecule has 1 unspecified atom stereocenters. The fraction of sp³-hybridized carbons (Fsp3) is 0.619. The Balaban J connectivity index is 0.000000290. The van der Waals surface area contributed by atoms with E-state index < -0.39 is 18.1 Å². The molecule has 1 aromatic carbocycles. The van der Waals surface area contributed by atoms with E-state index in [1.165, 1.54) is 37.0 Å². The Bertz CT molecular complexity index is 677. The number of carboxylic acid groups (broad SMARTS) is 1. The average molecular weight is 439 g/mol. The summed E-state index contributed by atoms with van der Waals surface area (Å²) in [6.07, 6.45) is 7.57. The number of nitrogens with two attached hydrogens (primary N) is 1. The van der Waals surface area contributed by atoms with Crippen molar-refractivity contribution in [2.45, 2.75) is 68.4 Å². The molecule has 2 heterocycles. The highest BCUT2D eigenvalue weighted by molar-refractivity contribution is 8.77. The standard InChI is InChI=1S/C15H17NO4S2.C6H13N/c17-13(18)12-8-15(6-7-21-22-15)10-16(12)14(19)20-9-11-4-2-1-3-5-11;7-6-4-2-1-3-5-6/h1-5,12H,6-10H2,(H,17,18);6H,1-5,7H2/t12-,15?;/m0./s1. The minimum atomic E-state index is -0.953. The van der Waals surface area contributed by atoms with Gasteiger partial charge in [-0.05, 0) is 31.2 Å². The normalized spacial score (nSPS) is 26.8. The van der Waals surface area contributed by atoms with Crippen LogP contribution in [-0.4, -0.2) is 51.2 Å². The molecule has 2 aliphatic heterocycles. The Morgan fingerprint density at radius 2 is 1.93 bits per heavy atom. The molecule has 6 nitrogen and oxygen atoms in total. The topological polar surface area (TPSA) is 92.9 Å². The Morgan fingerprint density at radius 1 is 1.21 bits per heavy atom. The molecule has 1 saturated carbocycles. The minimum Gasteiger partial charge on any atom is -0.480 e. The summed E-state index contributed by atoms with van der Waals surface area (Å²) in [5.74, 6) is 0.0511. The molecule has 2 saturated heterocycles. The molecular weight excluding hydrogens is 408 g/mol. The number of aliphatic carboxylic acids is 1. The maximum Gasteiger partial charge on any atom is 0.410 e. The van der Waals surface area contributed by atoms with Crippen LogP contribution in [0.3, 0.4) is 0 Å². The summed E-state index contributed by atoms with van der Waals surface area (Å²) in [5.41, 5.74) is 6.53. The van der Waals surface area contributed by atoms with Gasteiger partial charge in [0.15, 0.2) is 0 Å². The van der Waals surface area contributed by atoms with Crippen LogP contribution in [-0.2, 0) is 16.1 Å². The lowest BCUT2D eigenvalue weighted by molar-refractivity contribution is -0.141. The molecule has 3 fully saturated rings. The molecule has 3 N–H and O–H groups in total. The zero-order valence-electron chi connectivity index (χ0n) is 16.6. The van der Waals surface area contributed by atoms with Crippen LogP contribution >= 0.6 is 21.6 Å². The quantitative estimate of drug-likeness (QED) is 0.680. The minimum absolute atomic E-state index is 0.126. The van der Waals surface area contributed by atoms with Gasteiger partial charge in [0.05, 0.1) is 0 Å². The van der Waals surface area contributed by atoms with E-state index in [4.69, 9.17) is 10.5 Å². The Kier molecular flexibility index (Phi) is 8.15. The molecule has 1 aromatic rings. The molecule has 4 rings (SSSR count). The van der Waals surface area contributed by atoms with Crippen LogP contribution < -0.4 is 5.73 Å². The van der Waals surface area contributed by atoms with Gasteiger partial charge in [-0.15, -0.1) is 0 Å². The molecule has 1 aliphatic carbocycles. The zero-order valence-corrected chi connectivity index (χ0v) is 18.3. The van der Waals surface area contributed by atoms with E-state index >= 15 is 0 Å². The summed E-state index contributed by atoms with van der Waals surface area (Å²) in [4.78, 5) is 25.1. The summed E-state index contributed by atoms with van der Waals surface area (Å²) in [5, 5.41) is 9.40. The van der Waals surface area contributed by atoms with Gasteiger partial charge in [-0.1, -0.05) is 71.2 Å². The van der Waals surface area contributed by atoms with Crippen molar-refractivity contribution in [1.82, 2.24) is 4.90 Å². The van der Waals surface area contributed by atoms with Crippen molar-refractivity contribution in [3.63, 3.8) is 0 Å². The average Bonchev–Trinajstić information content (AvgIpc) is 3.35. The van der Waals surface area contributed by atoms with Crippen molar-refractivity contribution in [2.75, 3.05) is 12.3 Å². The summed E-state index contributed by atoms with van der Waals surface area (Å²) in [6.45, 7) is 0.618. The monoisotopic (exact) mass is 438 g/mol. The van der Waals surface area contributed by atoms with Gasteiger partial charge in [0, 0.05) is 23.1 Å². The molecule has 0 aromatic heterocycles. The Hall–Kier alpha value is -1.38. The number of hydrogen-bond donors (Lipinski definition) is 2. The first-order valence-electron chi connectivity index (χ1n) is 10.3. The number of benzene rings is 1. The van der Waals surface area contributed by atoms with E-state index in [2.05, 4.69) is 0 Å². The van der Waals surface area contributed by atoms with Crippen molar-refractivity contribution in [1.29, 1.82) is 0 Å². The molecule has 1 spiro atoms. The van der Waals surface area contributed by atoms with Crippen LogP contribution in [0.25, 0.3) is 0 Å². The fourth-order valence-electron chi connectivity index (χ4n) is 3.97. The first kappa shape index (κ1) is 22.3. The number of likely N-dealkylation sites (tertiary alicyclic amines) is 1. The third-order valence-electron chi connectivity index (χ3n) is 5.65. The van der Waals surface area contributed by atoms with Crippen LogP contribution in [0.5, 0.6) is 0 Å². The summed E-state index contributed by atoms with van der Waals surface area (Å²) in [6, 6.07) is 9.14. The van der Waals surface area contributed by atoms with Crippen LogP contribution in [0.4, 0.5) is 4.79 Å². The van der Waals surface area contributed by atoms with Gasteiger partial charge in [-0.3, -0.25) is 4.90 Å². The highest BCUT2D eigenvalue weighted by atomic mass is 33.1. The molecule has 1 amide bonds. The lowest BCUT2D eigenvalue weighted by atomic mass is 9.97. The van der Waals surface area contributed by atoms with E-state index in [9.17, 15) is 14.7 Å². The number of hydrogen-bond acceptors (Lipinski definition) is 6. The first-order valence-corrected chi connectivity index (χ1v) is 12.6. The van der Waals surface area contributed by atoms with Crippen molar-refractivity contribution in [2.24, 2.45) is 5.73 Å². The number of carboxylic acids is 1. The maximum absolute atomic E-state index is 12.3. The molecule has 2 atom stereocenters. The van der Waals surface area contributed by atoms with Gasteiger partial charge in [0.2, 0.25) is 0 Å². The molecule has 0 bridgehead atoms. The molecule has 160 valence electrons. The van der Waals surface area contributed by atoms with Crippen LogP contribution in [0, 0.1) is 0 Å². The van der Waals surface area contributed by atoms with Crippen molar-refractivity contribution < 1.29 is 19.4 Å². The van der Waals surface area contributed by atoms with E-state index in [-0.39, 0.29) is 11.4 Å². The Labute approximate surface area is 180 Å². The van der Waals surface area contributed by atoms with E-state index in [1.54, 1.807) is 21.6 Å². The fourth-order valence-corrected chi connectivity index (χ4v) is 7.38. The van der Waals surface area contributed by atoms with E-state index in [0.29, 0.717) is 19.0 Å². The van der Waals surface area contributed by atoms with Crippen LogP contribution in [0.15, 0.2) is 30.3 Å². The number of amides is 1. The molecule has 8 heteroatoms. The lowest BCUT2D eigenvalue weighted by Gasteiger charge is -2.22. The molecule has 0 radical (unpaired) electrons. The summed E-state index contributed by atoms with van der Waals surface area (Å²) in [7, 11) is 3.47. The van der Waals surface area contributed by atoms with Gasteiger partial charge in [0.25, 0.3) is 0 Å². The number of carbonyl (C=O) groups is 2. The second-order valence-electron chi connectivity index (χ2n) is 7.96. The molecule has 3 aliphatic rings. The van der Waals surface area contributed by atoms with Gasteiger partial charge in [-0.2, -0.15) is 0 Å². The van der Waals surface area contributed by atoms with E-state index in [1.807, 2.05) is 30.3 Å². The van der Waals surface area contributed by atoms with E-state index in [0.717, 1.165) is 17.7 Å². The molecule has 29 heavy (non-hydrogen) atoms. The van der Waals surface area contributed by atoms with Crippen molar-refractivity contribution in [3.8, 4) is 0 Å². The predicted octanol–water partition coefficient (Wildman–Crippen LogP) is 4.28. The van der Waals surface area contributed by atoms with Crippen molar-refractivity contribution in [3.05, 3.63) is 35.9 Å². The SMILES string of the molecule is NC1CCCCC1.O=C(O)[C@@H]1CC2(CCSS2)CN1C(=O)OCc1ccccc1. The summed E-state index contributed by atoms with van der Waals surface area (Å²) < 4.78 is 5.18. The van der Waals surface area contributed by atoms with Gasteiger partial charge < -0.3 is 15.6 Å². The second-order valence-corrected chi connectivity index (χ2v) is 10.8. The summed E-state index contributed by atoms with van der Waals surface area (Å²) >= 11 is 0. The lowest BCUT2D eigenvalue weighted by Crippen LogP contribution is -2.41. The smallest absolute Gasteiger partial charge is 0.410 e. The number of carbonyl (C=O) groups excluding carboxylic acids is 1. The van der Waals surface area contributed by atoms with Gasteiger partial charge in [-0.25, -0.2) is 9.59 Å². The number of ether oxygens (including phenoxy) is 1. The molecular formula is C21H30N2O4S2. The second kappa shape index (κ2) is 10.6. The van der Waals surface area contributed by atoms with Crippen molar-refractivity contribution >= 4 is 33.7 Å². The Morgan fingerprint density at radius 3 is 2.48 bits per heavy atom. The van der Waals surface area contributed by atoms with Gasteiger partial charge in [0.1, 0.15) is 12.6 Å². The highest BCUT2D eigenvalue weighted by Gasteiger charge is 2.51.